The van der Waals surface area contributed by atoms with E-state index < -0.39 is 36.0 Å². The molecule has 3 N–H and O–H groups in total. The van der Waals surface area contributed by atoms with E-state index in [0.717, 1.165) is 38.9 Å². The van der Waals surface area contributed by atoms with Gasteiger partial charge in [0.15, 0.2) is 0 Å². The van der Waals surface area contributed by atoms with E-state index in [-0.39, 0.29) is 12.5 Å². The Bertz CT molecular complexity index is 1670. The van der Waals surface area contributed by atoms with Gasteiger partial charge in [0, 0.05) is 5.92 Å². The van der Waals surface area contributed by atoms with Crippen molar-refractivity contribution in [3.63, 3.8) is 0 Å². The van der Waals surface area contributed by atoms with Crippen molar-refractivity contribution >= 4 is 18.0 Å². The summed E-state index contributed by atoms with van der Waals surface area (Å²) in [5.74, 6) is -2.17. The van der Waals surface area contributed by atoms with Gasteiger partial charge in [0.25, 0.3) is 0 Å². The molecule has 5 aromatic carbocycles. The molecule has 1 aliphatic carbocycles. The molecule has 1 aliphatic rings. The molecule has 0 fully saturated rings. The van der Waals surface area contributed by atoms with Crippen LogP contribution >= 0.6 is 0 Å². The molecule has 7 heteroatoms. The van der Waals surface area contributed by atoms with E-state index in [9.17, 15) is 19.5 Å². The van der Waals surface area contributed by atoms with Crippen molar-refractivity contribution in [3.8, 4) is 11.1 Å². The van der Waals surface area contributed by atoms with E-state index in [1.165, 1.54) is 0 Å². The minimum absolute atomic E-state index is 0.0346. The Morgan fingerprint density at radius 3 is 1.51 bits per heavy atom. The molecule has 7 nitrogen and oxygen atoms in total. The maximum absolute atomic E-state index is 13.1. The first kappa shape index (κ1) is 29.5. The molecule has 0 unspecified atom stereocenters. The third-order valence-electron chi connectivity index (χ3n) is 8.28. The van der Waals surface area contributed by atoms with Crippen molar-refractivity contribution in [2.45, 2.75) is 23.9 Å². The lowest BCUT2D eigenvalue weighted by Gasteiger charge is -2.39. The molecule has 0 heterocycles. The van der Waals surface area contributed by atoms with Crippen LogP contribution in [0.2, 0.25) is 0 Å². The van der Waals surface area contributed by atoms with Crippen molar-refractivity contribution in [1.29, 1.82) is 0 Å². The summed E-state index contributed by atoms with van der Waals surface area (Å²) in [4.78, 5) is 38.6. The van der Waals surface area contributed by atoms with Crippen LogP contribution in [-0.2, 0) is 19.9 Å². The van der Waals surface area contributed by atoms with Crippen molar-refractivity contribution in [1.82, 2.24) is 10.6 Å². The lowest BCUT2D eigenvalue weighted by atomic mass is 9.76. The summed E-state index contributed by atoms with van der Waals surface area (Å²) in [6.07, 6.45) is -1.43. The van der Waals surface area contributed by atoms with Crippen molar-refractivity contribution < 1.29 is 24.2 Å². The third kappa shape index (κ3) is 5.98. The minimum Gasteiger partial charge on any atom is -0.480 e. The van der Waals surface area contributed by atoms with Crippen LogP contribution in [0.4, 0.5) is 4.79 Å². The highest BCUT2D eigenvalue weighted by Gasteiger charge is 2.40. The molecular formula is C38H32N2O5. The lowest BCUT2D eigenvalue weighted by Crippen LogP contribution is -2.54. The Morgan fingerprint density at radius 2 is 1.07 bits per heavy atom. The summed E-state index contributed by atoms with van der Waals surface area (Å²) in [7, 11) is 0. The Morgan fingerprint density at radius 1 is 0.644 bits per heavy atom. The van der Waals surface area contributed by atoms with E-state index >= 15 is 0 Å². The summed E-state index contributed by atoms with van der Waals surface area (Å²) < 4.78 is 5.52. The number of imide groups is 1. The highest BCUT2D eigenvalue weighted by molar-refractivity contribution is 5.94. The van der Waals surface area contributed by atoms with E-state index in [1.54, 1.807) is 0 Å². The molecule has 0 saturated heterocycles. The normalized spacial score (nSPS) is 12.9. The number of amides is 2. The molecule has 0 aliphatic heterocycles. The van der Waals surface area contributed by atoms with Crippen LogP contribution in [0.3, 0.4) is 0 Å². The van der Waals surface area contributed by atoms with Crippen molar-refractivity contribution in [2.75, 3.05) is 6.61 Å². The van der Waals surface area contributed by atoms with Gasteiger partial charge in [0.2, 0.25) is 5.91 Å². The van der Waals surface area contributed by atoms with Gasteiger partial charge in [-0.3, -0.25) is 20.2 Å². The van der Waals surface area contributed by atoms with Gasteiger partial charge in [0.1, 0.15) is 12.6 Å². The number of hydrogen-bond donors (Lipinski definition) is 3. The number of hydrogen-bond acceptors (Lipinski definition) is 5. The zero-order valence-corrected chi connectivity index (χ0v) is 24.4. The lowest BCUT2D eigenvalue weighted by molar-refractivity contribution is -0.142. The molecule has 0 bridgehead atoms. The van der Waals surface area contributed by atoms with Crippen LogP contribution in [0, 0.1) is 0 Å². The first-order chi connectivity index (χ1) is 22.0. The van der Waals surface area contributed by atoms with E-state index in [0.29, 0.717) is 0 Å². The van der Waals surface area contributed by atoms with Gasteiger partial charge in [-0.25, -0.2) is 4.79 Å². The predicted molar refractivity (Wildman–Crippen MR) is 172 cm³/mol. The van der Waals surface area contributed by atoms with Crippen LogP contribution in [0.15, 0.2) is 140 Å². The summed E-state index contributed by atoms with van der Waals surface area (Å²) in [6.45, 7) is 0.0346. The van der Waals surface area contributed by atoms with Gasteiger partial charge in [-0.15, -0.1) is 0 Å². The topological polar surface area (TPSA) is 105 Å². The molecule has 45 heavy (non-hydrogen) atoms. The smallest absolute Gasteiger partial charge is 0.413 e. The number of ether oxygens (including phenoxy) is 1. The monoisotopic (exact) mass is 596 g/mol. The molecule has 0 saturated carbocycles. The number of carboxylic acids is 1. The molecule has 2 amide bonds. The number of carbonyl (C=O) groups excluding carboxylic acids is 2. The fourth-order valence-corrected chi connectivity index (χ4v) is 6.26. The van der Waals surface area contributed by atoms with Gasteiger partial charge >= 0.3 is 12.1 Å². The SMILES string of the molecule is O=C(C[C@H](NC(c1ccccc1)(c1ccccc1)c1ccccc1)C(=O)O)NC(=O)OCC1c2ccccc2-c2ccccc21. The second-order valence-corrected chi connectivity index (χ2v) is 11.0. The van der Waals surface area contributed by atoms with E-state index in [1.807, 2.05) is 140 Å². The summed E-state index contributed by atoms with van der Waals surface area (Å²) >= 11 is 0. The second kappa shape index (κ2) is 13.0. The number of carbonyl (C=O) groups is 3. The largest absolute Gasteiger partial charge is 0.480 e. The number of nitrogens with one attached hydrogen (secondary N) is 2. The van der Waals surface area contributed by atoms with E-state index in [4.69, 9.17) is 4.74 Å². The molecule has 6 rings (SSSR count). The van der Waals surface area contributed by atoms with Crippen molar-refractivity contribution in [3.05, 3.63) is 167 Å². The Kier molecular flexibility index (Phi) is 8.53. The second-order valence-electron chi connectivity index (χ2n) is 11.0. The minimum atomic E-state index is -1.35. The van der Waals surface area contributed by atoms with Gasteiger partial charge in [-0.2, -0.15) is 0 Å². The van der Waals surface area contributed by atoms with Crippen LogP contribution in [0.5, 0.6) is 0 Å². The molecular weight excluding hydrogens is 564 g/mol. The standard InChI is InChI=1S/C38H32N2O5/c41-35(39-37(44)45-25-33-31-22-12-10-20-29(31)30-21-11-13-23-32(30)33)24-34(36(42)43)40-38(26-14-4-1-5-15-26,27-16-6-2-7-17-27)28-18-8-3-9-19-28/h1-23,33-34,40H,24-25H2,(H,42,43)(H,39,41,44)/t34-/m0/s1. The van der Waals surface area contributed by atoms with E-state index in [2.05, 4.69) is 10.6 Å². The first-order valence-corrected chi connectivity index (χ1v) is 14.8. The van der Waals surface area contributed by atoms with Gasteiger partial charge < -0.3 is 9.84 Å². The number of fused-ring (bicyclic) bond motifs is 3. The Labute approximate surface area is 261 Å². The number of aliphatic carboxylic acids is 1. The maximum Gasteiger partial charge on any atom is 0.413 e. The maximum atomic E-state index is 13.1. The fourth-order valence-electron chi connectivity index (χ4n) is 6.26. The quantitative estimate of drug-likeness (QED) is 0.160. The molecule has 0 aromatic heterocycles. The predicted octanol–water partition coefficient (Wildman–Crippen LogP) is 6.48. The third-order valence-corrected chi connectivity index (χ3v) is 8.28. The van der Waals surface area contributed by atoms with Crippen LogP contribution in [0.25, 0.3) is 11.1 Å². The highest BCUT2D eigenvalue weighted by Crippen LogP contribution is 2.44. The zero-order valence-electron chi connectivity index (χ0n) is 24.4. The van der Waals surface area contributed by atoms with Crippen molar-refractivity contribution in [2.24, 2.45) is 0 Å². The van der Waals surface area contributed by atoms with Gasteiger partial charge in [-0.05, 0) is 38.9 Å². The molecule has 0 radical (unpaired) electrons. The highest BCUT2D eigenvalue weighted by atomic mass is 16.5. The average Bonchev–Trinajstić information content (AvgIpc) is 3.40. The molecule has 5 aromatic rings. The number of alkyl carbamates (subject to hydrolysis) is 1. The molecule has 224 valence electrons. The summed E-state index contributed by atoms with van der Waals surface area (Å²) in [6, 6.07) is 43.1. The van der Waals surface area contributed by atoms with Gasteiger partial charge in [0.05, 0.1) is 12.0 Å². The summed E-state index contributed by atoms with van der Waals surface area (Å²) in [5, 5.41) is 15.9. The molecule has 0 spiro atoms. The first-order valence-electron chi connectivity index (χ1n) is 14.8. The Balaban J connectivity index is 1.21. The summed E-state index contributed by atoms with van der Waals surface area (Å²) in [5.41, 5.74) is 5.55. The van der Waals surface area contributed by atoms with Crippen LogP contribution < -0.4 is 10.6 Å². The molecule has 1 atom stereocenters. The number of benzene rings is 5. The average molecular weight is 597 g/mol. The fraction of sp³-hybridized carbons (Fsp3) is 0.132. The van der Waals surface area contributed by atoms with Crippen LogP contribution in [0.1, 0.15) is 40.2 Å². The van der Waals surface area contributed by atoms with Crippen LogP contribution in [-0.4, -0.2) is 35.7 Å². The van der Waals surface area contributed by atoms with Gasteiger partial charge in [-0.1, -0.05) is 140 Å². The number of carboxylic acid groups (broad SMARTS) is 1. The Hall–Kier alpha value is -5.53. The zero-order chi connectivity index (χ0) is 31.2. The number of rotatable bonds is 10.